The minimum Gasteiger partial charge on any atom is -0.438 e. The van der Waals surface area contributed by atoms with E-state index in [1.165, 1.54) is 19.3 Å². The molecule has 0 aliphatic carbocycles. The van der Waals surface area contributed by atoms with E-state index >= 15 is 0 Å². The maximum absolute atomic E-state index is 6.24. The first kappa shape index (κ1) is 19.5. The topological polar surface area (TPSA) is 78.6 Å². The van der Waals surface area contributed by atoms with E-state index in [0.29, 0.717) is 17.5 Å². The summed E-state index contributed by atoms with van der Waals surface area (Å²) in [4.78, 5) is 13.6. The van der Waals surface area contributed by atoms with Crippen molar-refractivity contribution in [2.45, 2.75) is 32.2 Å². The lowest BCUT2D eigenvalue weighted by molar-refractivity contribution is 0.469. The van der Waals surface area contributed by atoms with Crippen LogP contribution < -0.4 is 4.74 Å². The fourth-order valence-corrected chi connectivity index (χ4v) is 4.23. The number of aryl methyl sites for hydroxylation is 1. The summed E-state index contributed by atoms with van der Waals surface area (Å²) in [5, 5.41) is 9.73. The second-order valence-electron chi connectivity index (χ2n) is 8.14. The van der Waals surface area contributed by atoms with Gasteiger partial charge in [0.15, 0.2) is 11.6 Å². The van der Waals surface area contributed by atoms with E-state index in [9.17, 15) is 0 Å². The quantitative estimate of drug-likeness (QED) is 0.373. The number of hydrogen-bond donors (Lipinski definition) is 0. The van der Waals surface area contributed by atoms with Gasteiger partial charge in [0.05, 0.1) is 10.9 Å². The third kappa shape index (κ3) is 3.82. The van der Waals surface area contributed by atoms with E-state index in [2.05, 4.69) is 19.7 Å². The van der Waals surface area contributed by atoms with Crippen LogP contribution in [0.1, 0.15) is 25.1 Å². The van der Waals surface area contributed by atoms with Gasteiger partial charge in [-0.3, -0.25) is 4.98 Å². The molecule has 5 aromatic rings. The maximum atomic E-state index is 6.24. The minimum atomic E-state index is 0.517. The summed E-state index contributed by atoms with van der Waals surface area (Å²) in [7, 11) is 0. The van der Waals surface area contributed by atoms with E-state index in [1.54, 1.807) is 12.4 Å². The standard InChI is InChI=1S/C26H22N6O/c1-2-10-23-30-31-25(32(23)16-5-1)18-11-13-20(14-12-18)33-26-21-8-3-4-9-22(21)28-24(29-26)19-7-6-15-27-17-19/h3-4,6-9,11-15,17H,1-2,5,10,16H2. The van der Waals surface area contributed by atoms with Crippen LogP contribution in [0.3, 0.4) is 0 Å². The molecule has 33 heavy (non-hydrogen) atoms. The summed E-state index contributed by atoms with van der Waals surface area (Å²) in [5.41, 5.74) is 2.70. The van der Waals surface area contributed by atoms with Crippen molar-refractivity contribution in [2.75, 3.05) is 0 Å². The molecule has 162 valence electrons. The number of benzene rings is 2. The molecule has 1 aliphatic rings. The van der Waals surface area contributed by atoms with E-state index in [0.717, 1.165) is 46.6 Å². The third-order valence-corrected chi connectivity index (χ3v) is 5.92. The predicted molar refractivity (Wildman–Crippen MR) is 126 cm³/mol. The molecule has 0 saturated heterocycles. The summed E-state index contributed by atoms with van der Waals surface area (Å²) in [6, 6.07) is 19.6. The number of rotatable bonds is 4. The normalized spacial score (nSPS) is 13.5. The van der Waals surface area contributed by atoms with Crippen LogP contribution in [0.2, 0.25) is 0 Å². The van der Waals surface area contributed by atoms with Gasteiger partial charge in [-0.05, 0) is 61.4 Å². The Hall–Kier alpha value is -4.13. The maximum Gasteiger partial charge on any atom is 0.230 e. The van der Waals surface area contributed by atoms with Gasteiger partial charge in [-0.2, -0.15) is 4.98 Å². The molecular weight excluding hydrogens is 412 g/mol. The van der Waals surface area contributed by atoms with Gasteiger partial charge in [0.25, 0.3) is 0 Å². The van der Waals surface area contributed by atoms with E-state index in [-0.39, 0.29) is 0 Å². The first-order valence-electron chi connectivity index (χ1n) is 11.2. The van der Waals surface area contributed by atoms with Gasteiger partial charge in [-0.15, -0.1) is 10.2 Å². The number of hydrogen-bond acceptors (Lipinski definition) is 6. The van der Waals surface area contributed by atoms with Gasteiger partial charge in [-0.1, -0.05) is 18.6 Å². The van der Waals surface area contributed by atoms with E-state index in [4.69, 9.17) is 14.7 Å². The molecule has 6 rings (SSSR count). The molecule has 2 aromatic carbocycles. The Morgan fingerprint density at radius 1 is 0.788 bits per heavy atom. The molecule has 0 atom stereocenters. The van der Waals surface area contributed by atoms with Crippen LogP contribution in [0, 0.1) is 0 Å². The lowest BCUT2D eigenvalue weighted by atomic mass is 10.2. The second-order valence-corrected chi connectivity index (χ2v) is 8.14. The first-order valence-corrected chi connectivity index (χ1v) is 11.2. The Bertz CT molecular complexity index is 1410. The summed E-state index contributed by atoms with van der Waals surface area (Å²) in [5.74, 6) is 3.81. The Balaban J connectivity index is 1.34. The van der Waals surface area contributed by atoms with Crippen LogP contribution in [-0.4, -0.2) is 29.7 Å². The molecular formula is C26H22N6O. The molecule has 0 unspecified atom stereocenters. The highest BCUT2D eigenvalue weighted by Crippen LogP contribution is 2.31. The zero-order valence-electron chi connectivity index (χ0n) is 18.1. The molecule has 0 bridgehead atoms. The number of pyridine rings is 1. The van der Waals surface area contributed by atoms with Crippen molar-refractivity contribution in [3.05, 3.63) is 78.9 Å². The third-order valence-electron chi connectivity index (χ3n) is 5.92. The van der Waals surface area contributed by atoms with Crippen LogP contribution in [0.4, 0.5) is 0 Å². The molecule has 0 saturated carbocycles. The molecule has 7 nitrogen and oxygen atoms in total. The lowest BCUT2D eigenvalue weighted by Crippen LogP contribution is -2.02. The predicted octanol–water partition coefficient (Wildman–Crippen LogP) is 5.47. The zero-order valence-corrected chi connectivity index (χ0v) is 18.1. The van der Waals surface area contributed by atoms with Gasteiger partial charge in [0.2, 0.25) is 5.88 Å². The Labute approximate surface area is 191 Å². The Kier molecular flexibility index (Phi) is 4.99. The molecule has 0 fully saturated rings. The van der Waals surface area contributed by atoms with Crippen molar-refractivity contribution in [2.24, 2.45) is 0 Å². The molecule has 4 heterocycles. The first-order chi connectivity index (χ1) is 16.3. The minimum absolute atomic E-state index is 0.517. The molecule has 3 aromatic heterocycles. The molecule has 0 amide bonds. The highest BCUT2D eigenvalue weighted by Gasteiger charge is 2.16. The van der Waals surface area contributed by atoms with Crippen molar-refractivity contribution >= 4 is 10.9 Å². The largest absolute Gasteiger partial charge is 0.438 e. The number of ether oxygens (including phenoxy) is 1. The number of nitrogens with zero attached hydrogens (tertiary/aromatic N) is 6. The van der Waals surface area contributed by atoms with Gasteiger partial charge >= 0.3 is 0 Å². The Morgan fingerprint density at radius 2 is 1.70 bits per heavy atom. The molecule has 0 N–H and O–H groups in total. The molecule has 0 radical (unpaired) electrons. The zero-order chi connectivity index (χ0) is 22.0. The lowest BCUT2D eigenvalue weighted by Gasteiger charge is -2.11. The summed E-state index contributed by atoms with van der Waals surface area (Å²) < 4.78 is 8.50. The van der Waals surface area contributed by atoms with Crippen molar-refractivity contribution in [1.29, 1.82) is 0 Å². The summed E-state index contributed by atoms with van der Waals surface area (Å²) in [6.07, 6.45) is 8.07. The van der Waals surface area contributed by atoms with Gasteiger partial charge in [0, 0.05) is 36.5 Å². The monoisotopic (exact) mass is 434 g/mol. The van der Waals surface area contributed by atoms with Crippen LogP contribution in [0.25, 0.3) is 33.7 Å². The smallest absolute Gasteiger partial charge is 0.230 e. The van der Waals surface area contributed by atoms with Crippen LogP contribution in [0.5, 0.6) is 11.6 Å². The highest BCUT2D eigenvalue weighted by molar-refractivity contribution is 5.85. The molecule has 1 aliphatic heterocycles. The van der Waals surface area contributed by atoms with Crippen molar-refractivity contribution in [3.63, 3.8) is 0 Å². The van der Waals surface area contributed by atoms with Crippen molar-refractivity contribution < 1.29 is 4.74 Å². The van der Waals surface area contributed by atoms with E-state index in [1.807, 2.05) is 60.7 Å². The van der Waals surface area contributed by atoms with Gasteiger partial charge in [-0.25, -0.2) is 4.98 Å². The van der Waals surface area contributed by atoms with Crippen LogP contribution in [-0.2, 0) is 13.0 Å². The van der Waals surface area contributed by atoms with Gasteiger partial charge in [0.1, 0.15) is 11.6 Å². The van der Waals surface area contributed by atoms with Crippen LogP contribution >= 0.6 is 0 Å². The second kappa shape index (κ2) is 8.43. The summed E-state index contributed by atoms with van der Waals surface area (Å²) in [6.45, 7) is 0.972. The van der Waals surface area contributed by atoms with Crippen molar-refractivity contribution in [3.8, 4) is 34.4 Å². The molecule has 7 heteroatoms. The SMILES string of the molecule is c1cncc(-c2nc(Oc3ccc(-c4nnc5n4CCCCC5)cc3)c3ccccc3n2)c1. The van der Waals surface area contributed by atoms with Crippen molar-refractivity contribution in [1.82, 2.24) is 29.7 Å². The summed E-state index contributed by atoms with van der Waals surface area (Å²) >= 11 is 0. The number of aromatic nitrogens is 6. The average Bonchev–Trinajstić information content (AvgIpc) is 3.13. The average molecular weight is 435 g/mol. The fraction of sp³-hybridized carbons (Fsp3) is 0.192. The van der Waals surface area contributed by atoms with Crippen LogP contribution in [0.15, 0.2) is 73.1 Å². The van der Waals surface area contributed by atoms with E-state index < -0.39 is 0 Å². The highest BCUT2D eigenvalue weighted by atomic mass is 16.5. The van der Waals surface area contributed by atoms with Gasteiger partial charge < -0.3 is 9.30 Å². The number of para-hydroxylation sites is 1. The number of fused-ring (bicyclic) bond motifs is 2. The fourth-order valence-electron chi connectivity index (χ4n) is 4.23. The molecule has 0 spiro atoms. The Morgan fingerprint density at radius 3 is 2.58 bits per heavy atom.